The third kappa shape index (κ3) is 3.94. The molecule has 19 heavy (non-hydrogen) atoms. The molecule has 0 atom stereocenters. The van der Waals surface area contributed by atoms with E-state index in [0.717, 1.165) is 31.7 Å². The van der Waals surface area contributed by atoms with Crippen molar-refractivity contribution in [2.24, 2.45) is 5.73 Å². The molecule has 0 spiro atoms. The van der Waals surface area contributed by atoms with E-state index in [0.29, 0.717) is 12.3 Å². The van der Waals surface area contributed by atoms with Gasteiger partial charge in [-0.1, -0.05) is 12.1 Å². The summed E-state index contributed by atoms with van der Waals surface area (Å²) >= 11 is 0. The van der Waals surface area contributed by atoms with Gasteiger partial charge in [-0.3, -0.25) is 4.79 Å². The Labute approximate surface area is 113 Å². The smallest absolute Gasteiger partial charge is 0.260 e. The summed E-state index contributed by atoms with van der Waals surface area (Å²) in [6.07, 6.45) is 0. The molecule has 5 heteroatoms. The van der Waals surface area contributed by atoms with E-state index in [1.807, 2.05) is 29.2 Å². The molecular formula is C14H21N3O2. The van der Waals surface area contributed by atoms with Gasteiger partial charge in [0.05, 0.1) is 0 Å². The minimum absolute atomic E-state index is 0.0475. The maximum absolute atomic E-state index is 12.0. The minimum atomic E-state index is 0.0475. The first-order chi connectivity index (χ1) is 9.19. The molecule has 1 aromatic rings. The lowest BCUT2D eigenvalue weighted by atomic mass is 10.2. The van der Waals surface area contributed by atoms with Crippen LogP contribution in [-0.2, 0) is 11.3 Å². The average Bonchev–Trinajstić information content (AvgIpc) is 2.46. The predicted molar refractivity (Wildman–Crippen MR) is 73.9 cm³/mol. The topological polar surface area (TPSA) is 58.8 Å². The van der Waals surface area contributed by atoms with Crippen LogP contribution in [-0.4, -0.2) is 55.5 Å². The van der Waals surface area contributed by atoms with Crippen molar-refractivity contribution in [3.63, 3.8) is 0 Å². The molecule has 0 unspecified atom stereocenters. The zero-order valence-electron chi connectivity index (χ0n) is 11.3. The van der Waals surface area contributed by atoms with Crippen LogP contribution in [0.2, 0.25) is 0 Å². The van der Waals surface area contributed by atoms with Gasteiger partial charge in [0.15, 0.2) is 6.61 Å². The van der Waals surface area contributed by atoms with Gasteiger partial charge in [0.1, 0.15) is 5.75 Å². The van der Waals surface area contributed by atoms with Crippen LogP contribution in [0.3, 0.4) is 0 Å². The van der Waals surface area contributed by atoms with E-state index in [-0.39, 0.29) is 12.5 Å². The van der Waals surface area contributed by atoms with Crippen LogP contribution in [0.15, 0.2) is 24.3 Å². The number of hydrogen-bond donors (Lipinski definition) is 1. The highest BCUT2D eigenvalue weighted by atomic mass is 16.5. The van der Waals surface area contributed by atoms with E-state index in [4.69, 9.17) is 10.5 Å². The first-order valence-corrected chi connectivity index (χ1v) is 6.57. The first kappa shape index (κ1) is 13.8. The second-order valence-electron chi connectivity index (χ2n) is 4.82. The Balaban J connectivity index is 1.82. The van der Waals surface area contributed by atoms with Crippen LogP contribution >= 0.6 is 0 Å². The molecule has 1 aliphatic rings. The third-order valence-electron chi connectivity index (χ3n) is 3.35. The number of amides is 1. The number of nitrogens with two attached hydrogens (primary N) is 1. The largest absolute Gasteiger partial charge is 0.484 e. The zero-order valence-corrected chi connectivity index (χ0v) is 11.3. The number of likely N-dealkylation sites (N-methyl/N-ethyl adjacent to an activating group) is 1. The lowest BCUT2D eigenvalue weighted by molar-refractivity contribution is -0.134. The van der Waals surface area contributed by atoms with Gasteiger partial charge in [0.2, 0.25) is 0 Å². The van der Waals surface area contributed by atoms with E-state index >= 15 is 0 Å². The molecular weight excluding hydrogens is 242 g/mol. The molecule has 1 aliphatic heterocycles. The van der Waals surface area contributed by atoms with Gasteiger partial charge in [-0.15, -0.1) is 0 Å². The van der Waals surface area contributed by atoms with E-state index in [1.54, 1.807) is 0 Å². The van der Waals surface area contributed by atoms with Crippen LogP contribution < -0.4 is 10.5 Å². The highest BCUT2D eigenvalue weighted by Crippen LogP contribution is 2.13. The second-order valence-corrected chi connectivity index (χ2v) is 4.82. The summed E-state index contributed by atoms with van der Waals surface area (Å²) in [6, 6.07) is 7.54. The summed E-state index contributed by atoms with van der Waals surface area (Å²) < 4.78 is 5.53. The van der Waals surface area contributed by atoms with Crippen LogP contribution in [0.25, 0.3) is 0 Å². The van der Waals surface area contributed by atoms with Crippen molar-refractivity contribution in [1.82, 2.24) is 9.80 Å². The van der Waals surface area contributed by atoms with Crippen molar-refractivity contribution < 1.29 is 9.53 Å². The Kier molecular flexibility index (Phi) is 4.76. The summed E-state index contributed by atoms with van der Waals surface area (Å²) in [5.41, 5.74) is 6.57. The van der Waals surface area contributed by atoms with Crippen LogP contribution in [0.4, 0.5) is 0 Å². The fourth-order valence-corrected chi connectivity index (χ4v) is 2.05. The summed E-state index contributed by atoms with van der Waals surface area (Å²) in [5.74, 6) is 0.747. The summed E-state index contributed by atoms with van der Waals surface area (Å²) in [7, 11) is 2.07. The van der Waals surface area contributed by atoms with Crippen molar-refractivity contribution >= 4 is 5.91 Å². The Hall–Kier alpha value is -1.59. The molecule has 1 amide bonds. The number of carbonyl (C=O) groups excluding carboxylic acids is 1. The van der Waals surface area contributed by atoms with E-state index in [9.17, 15) is 4.79 Å². The van der Waals surface area contributed by atoms with Gasteiger partial charge in [0, 0.05) is 32.7 Å². The van der Waals surface area contributed by atoms with Gasteiger partial charge in [-0.05, 0) is 24.7 Å². The van der Waals surface area contributed by atoms with Crippen molar-refractivity contribution in [3.05, 3.63) is 29.8 Å². The van der Waals surface area contributed by atoms with Gasteiger partial charge >= 0.3 is 0 Å². The molecule has 0 aliphatic carbocycles. The molecule has 0 saturated carbocycles. The fraction of sp³-hybridized carbons (Fsp3) is 0.500. The Morgan fingerprint density at radius 2 is 2.05 bits per heavy atom. The van der Waals surface area contributed by atoms with E-state index in [1.165, 1.54) is 0 Å². The lowest BCUT2D eigenvalue weighted by Crippen LogP contribution is -2.48. The second kappa shape index (κ2) is 6.54. The summed E-state index contributed by atoms with van der Waals surface area (Å²) in [4.78, 5) is 16.1. The molecule has 1 heterocycles. The number of benzene rings is 1. The minimum Gasteiger partial charge on any atom is -0.484 e. The van der Waals surface area contributed by atoms with Crippen LogP contribution in [0.5, 0.6) is 5.75 Å². The standard InChI is InChI=1S/C14H21N3O2/c1-16-5-7-17(8-6-16)14(18)11-19-13-4-2-3-12(9-13)10-15/h2-4,9H,5-8,10-11,15H2,1H3. The number of piperazine rings is 1. The first-order valence-electron chi connectivity index (χ1n) is 6.57. The molecule has 2 rings (SSSR count). The van der Waals surface area contributed by atoms with E-state index < -0.39 is 0 Å². The number of nitrogens with zero attached hydrogens (tertiary/aromatic N) is 2. The molecule has 2 N–H and O–H groups in total. The van der Waals surface area contributed by atoms with Gasteiger partial charge in [-0.2, -0.15) is 0 Å². The average molecular weight is 263 g/mol. The molecule has 0 aromatic heterocycles. The Morgan fingerprint density at radius 3 is 2.74 bits per heavy atom. The zero-order chi connectivity index (χ0) is 13.7. The number of rotatable bonds is 4. The monoisotopic (exact) mass is 263 g/mol. The molecule has 5 nitrogen and oxygen atoms in total. The fourth-order valence-electron chi connectivity index (χ4n) is 2.05. The normalized spacial score (nSPS) is 16.4. The predicted octanol–water partition coefficient (Wildman–Crippen LogP) is 0.298. The number of hydrogen-bond acceptors (Lipinski definition) is 4. The molecule has 1 aromatic carbocycles. The lowest BCUT2D eigenvalue weighted by Gasteiger charge is -2.32. The molecule has 1 saturated heterocycles. The van der Waals surface area contributed by atoms with Gasteiger partial charge in [-0.25, -0.2) is 0 Å². The van der Waals surface area contributed by atoms with Gasteiger partial charge in [0.25, 0.3) is 5.91 Å². The third-order valence-corrected chi connectivity index (χ3v) is 3.35. The van der Waals surface area contributed by atoms with Crippen molar-refractivity contribution in [3.8, 4) is 5.75 Å². The summed E-state index contributed by atoms with van der Waals surface area (Å²) in [5, 5.41) is 0. The summed E-state index contributed by atoms with van der Waals surface area (Å²) in [6.45, 7) is 3.98. The maximum atomic E-state index is 12.0. The molecule has 104 valence electrons. The van der Waals surface area contributed by atoms with Crippen molar-refractivity contribution in [1.29, 1.82) is 0 Å². The Bertz CT molecular complexity index is 428. The maximum Gasteiger partial charge on any atom is 0.260 e. The van der Waals surface area contributed by atoms with Crippen LogP contribution in [0.1, 0.15) is 5.56 Å². The van der Waals surface area contributed by atoms with Crippen LogP contribution in [0, 0.1) is 0 Å². The van der Waals surface area contributed by atoms with E-state index in [2.05, 4.69) is 11.9 Å². The highest BCUT2D eigenvalue weighted by molar-refractivity contribution is 5.77. The quantitative estimate of drug-likeness (QED) is 0.849. The molecule has 0 bridgehead atoms. The molecule has 1 fully saturated rings. The SMILES string of the molecule is CN1CCN(C(=O)COc2cccc(CN)c2)CC1. The number of carbonyl (C=O) groups is 1. The van der Waals surface area contributed by atoms with Crippen molar-refractivity contribution in [2.45, 2.75) is 6.54 Å². The van der Waals surface area contributed by atoms with Gasteiger partial charge < -0.3 is 20.3 Å². The van der Waals surface area contributed by atoms with Crippen molar-refractivity contribution in [2.75, 3.05) is 39.8 Å². The Morgan fingerprint density at radius 1 is 1.32 bits per heavy atom. The number of ether oxygens (including phenoxy) is 1. The molecule has 0 radical (unpaired) electrons. The highest BCUT2D eigenvalue weighted by Gasteiger charge is 2.19.